The van der Waals surface area contributed by atoms with Crippen LogP contribution in [0, 0.1) is 5.92 Å². The summed E-state index contributed by atoms with van der Waals surface area (Å²) in [6.07, 6.45) is -1.89. The van der Waals surface area contributed by atoms with Crippen molar-refractivity contribution in [2.75, 3.05) is 13.6 Å². The van der Waals surface area contributed by atoms with Crippen molar-refractivity contribution >= 4 is 0 Å². The molecular weight excluding hydrogens is 335 g/mol. The van der Waals surface area contributed by atoms with E-state index in [-0.39, 0.29) is 11.8 Å². The van der Waals surface area contributed by atoms with E-state index in [4.69, 9.17) is 4.42 Å². The van der Waals surface area contributed by atoms with Crippen LogP contribution >= 0.6 is 0 Å². The quantitative estimate of drug-likeness (QED) is 0.823. The monoisotopic (exact) mass is 357 g/mol. The third-order valence-corrected chi connectivity index (χ3v) is 4.33. The largest absolute Gasteiger partial charge is 0.434 e. The fourth-order valence-corrected chi connectivity index (χ4v) is 3.10. The molecule has 0 aromatic carbocycles. The second-order valence-corrected chi connectivity index (χ2v) is 6.98. The van der Waals surface area contributed by atoms with Gasteiger partial charge in [-0.25, -0.2) is 4.98 Å². The van der Waals surface area contributed by atoms with Crippen LogP contribution < -0.4 is 0 Å². The SMILES string of the molecule is CC(C)c1nnc(CN(C)C[C@@H]2CCc3nc(C(F)(F)F)cn3C2)o1. The van der Waals surface area contributed by atoms with Gasteiger partial charge in [0, 0.05) is 31.6 Å². The van der Waals surface area contributed by atoms with E-state index in [2.05, 4.69) is 20.1 Å². The van der Waals surface area contributed by atoms with Crippen molar-refractivity contribution in [3.8, 4) is 0 Å². The summed E-state index contributed by atoms with van der Waals surface area (Å²) in [6.45, 7) is 5.80. The van der Waals surface area contributed by atoms with E-state index < -0.39 is 11.9 Å². The van der Waals surface area contributed by atoms with Crippen molar-refractivity contribution in [1.82, 2.24) is 24.6 Å². The summed E-state index contributed by atoms with van der Waals surface area (Å²) in [5.41, 5.74) is -0.802. The zero-order valence-electron chi connectivity index (χ0n) is 14.5. The Morgan fingerprint density at radius 2 is 2.12 bits per heavy atom. The summed E-state index contributed by atoms with van der Waals surface area (Å²) >= 11 is 0. The van der Waals surface area contributed by atoms with Crippen LogP contribution in [0.25, 0.3) is 0 Å². The molecule has 0 fully saturated rings. The number of imidazole rings is 1. The molecule has 25 heavy (non-hydrogen) atoms. The average molecular weight is 357 g/mol. The molecular formula is C16H22F3N5O. The molecule has 3 rings (SSSR count). The van der Waals surface area contributed by atoms with Gasteiger partial charge in [0.1, 0.15) is 5.82 Å². The Bertz CT molecular complexity index is 722. The smallest absolute Gasteiger partial charge is 0.424 e. The molecule has 0 saturated carbocycles. The number of nitrogens with zero attached hydrogens (tertiary/aromatic N) is 5. The Morgan fingerprint density at radius 3 is 2.76 bits per heavy atom. The van der Waals surface area contributed by atoms with Crippen LogP contribution in [-0.4, -0.2) is 38.2 Å². The lowest BCUT2D eigenvalue weighted by atomic mass is 9.99. The number of alkyl halides is 3. The number of fused-ring (bicyclic) bond motifs is 1. The van der Waals surface area contributed by atoms with Crippen LogP contribution in [0.1, 0.15) is 49.5 Å². The highest BCUT2D eigenvalue weighted by Gasteiger charge is 2.35. The Kier molecular flexibility index (Phi) is 4.86. The van der Waals surface area contributed by atoms with Gasteiger partial charge in [-0.3, -0.25) is 4.90 Å². The first-order chi connectivity index (χ1) is 11.7. The van der Waals surface area contributed by atoms with Crippen molar-refractivity contribution in [3.05, 3.63) is 29.5 Å². The first kappa shape index (κ1) is 17.9. The van der Waals surface area contributed by atoms with Gasteiger partial charge in [-0.15, -0.1) is 10.2 Å². The van der Waals surface area contributed by atoms with E-state index in [9.17, 15) is 13.2 Å². The van der Waals surface area contributed by atoms with Crippen molar-refractivity contribution < 1.29 is 17.6 Å². The van der Waals surface area contributed by atoms with Crippen LogP contribution in [-0.2, 0) is 25.7 Å². The first-order valence-electron chi connectivity index (χ1n) is 8.36. The standard InChI is InChI=1S/C16H22F3N5O/c1-10(2)15-22-21-14(25-15)9-23(3)6-11-4-5-13-20-12(16(17,18)19)8-24(13)7-11/h8,10-11H,4-7,9H2,1-3H3/t11-/m0/s1. The highest BCUT2D eigenvalue weighted by atomic mass is 19.4. The zero-order chi connectivity index (χ0) is 18.2. The molecule has 1 aliphatic rings. The number of aryl methyl sites for hydroxylation is 1. The lowest BCUT2D eigenvalue weighted by Gasteiger charge is -2.27. The van der Waals surface area contributed by atoms with E-state index >= 15 is 0 Å². The molecule has 0 amide bonds. The second kappa shape index (κ2) is 6.78. The van der Waals surface area contributed by atoms with Gasteiger partial charge in [-0.05, 0) is 19.4 Å². The molecule has 0 bridgehead atoms. The van der Waals surface area contributed by atoms with Crippen LogP contribution in [0.3, 0.4) is 0 Å². The number of halogens is 3. The Labute approximate surface area is 144 Å². The van der Waals surface area contributed by atoms with Gasteiger partial charge >= 0.3 is 6.18 Å². The van der Waals surface area contributed by atoms with E-state index in [1.54, 1.807) is 4.57 Å². The van der Waals surface area contributed by atoms with Gasteiger partial charge < -0.3 is 8.98 Å². The summed E-state index contributed by atoms with van der Waals surface area (Å²) in [5.74, 6) is 2.14. The molecule has 0 N–H and O–H groups in total. The predicted molar refractivity (Wildman–Crippen MR) is 83.8 cm³/mol. The third-order valence-electron chi connectivity index (χ3n) is 4.33. The maximum atomic E-state index is 12.8. The van der Waals surface area contributed by atoms with Gasteiger partial charge in [-0.1, -0.05) is 13.8 Å². The number of aromatic nitrogens is 4. The maximum Gasteiger partial charge on any atom is 0.434 e. The van der Waals surface area contributed by atoms with E-state index in [0.717, 1.165) is 19.2 Å². The molecule has 0 aliphatic carbocycles. The molecule has 0 spiro atoms. The van der Waals surface area contributed by atoms with Crippen LogP contribution in [0.2, 0.25) is 0 Å². The first-order valence-corrected chi connectivity index (χ1v) is 8.36. The second-order valence-electron chi connectivity index (χ2n) is 6.98. The van der Waals surface area contributed by atoms with Gasteiger partial charge in [0.2, 0.25) is 11.8 Å². The molecule has 2 aromatic heterocycles. The molecule has 3 heterocycles. The Morgan fingerprint density at radius 1 is 1.36 bits per heavy atom. The molecule has 1 atom stereocenters. The zero-order valence-corrected chi connectivity index (χ0v) is 14.5. The summed E-state index contributed by atoms with van der Waals surface area (Å²) in [4.78, 5) is 5.78. The average Bonchev–Trinajstić information content (AvgIpc) is 3.12. The number of hydrogen-bond acceptors (Lipinski definition) is 5. The molecule has 0 saturated heterocycles. The predicted octanol–water partition coefficient (Wildman–Crippen LogP) is 3.10. The van der Waals surface area contributed by atoms with Crippen molar-refractivity contribution in [3.63, 3.8) is 0 Å². The molecule has 138 valence electrons. The van der Waals surface area contributed by atoms with Gasteiger partial charge in [0.15, 0.2) is 5.69 Å². The van der Waals surface area contributed by atoms with Crippen molar-refractivity contribution in [2.45, 2.75) is 51.9 Å². The fourth-order valence-electron chi connectivity index (χ4n) is 3.10. The highest BCUT2D eigenvalue weighted by Crippen LogP contribution is 2.30. The van der Waals surface area contributed by atoms with Crippen LogP contribution in [0.4, 0.5) is 13.2 Å². The minimum absolute atomic E-state index is 0.187. The van der Waals surface area contributed by atoms with Gasteiger partial charge in [0.05, 0.1) is 6.54 Å². The molecule has 1 aliphatic heterocycles. The Balaban J connectivity index is 1.57. The number of hydrogen-bond donors (Lipinski definition) is 0. The van der Waals surface area contributed by atoms with Crippen molar-refractivity contribution in [1.29, 1.82) is 0 Å². The summed E-state index contributed by atoms with van der Waals surface area (Å²) in [5, 5.41) is 8.05. The molecule has 9 heteroatoms. The van der Waals surface area contributed by atoms with Gasteiger partial charge in [-0.2, -0.15) is 13.2 Å². The van der Waals surface area contributed by atoms with E-state index in [1.807, 2.05) is 20.9 Å². The van der Waals surface area contributed by atoms with Gasteiger partial charge in [0.25, 0.3) is 0 Å². The van der Waals surface area contributed by atoms with E-state index in [0.29, 0.717) is 37.1 Å². The van der Waals surface area contributed by atoms with Crippen LogP contribution in [0.15, 0.2) is 10.6 Å². The van der Waals surface area contributed by atoms with E-state index in [1.165, 1.54) is 0 Å². The fraction of sp³-hybridized carbons (Fsp3) is 0.688. The minimum Gasteiger partial charge on any atom is -0.424 e. The summed E-state index contributed by atoms with van der Waals surface area (Å²) in [7, 11) is 1.95. The molecule has 2 aromatic rings. The lowest BCUT2D eigenvalue weighted by molar-refractivity contribution is -0.141. The molecule has 6 nitrogen and oxygen atoms in total. The normalized spacial score (nSPS) is 18.2. The number of rotatable bonds is 5. The minimum atomic E-state index is -4.39. The molecule has 0 radical (unpaired) electrons. The van der Waals surface area contributed by atoms with Crippen molar-refractivity contribution in [2.24, 2.45) is 5.92 Å². The topological polar surface area (TPSA) is 60.0 Å². The third kappa shape index (κ3) is 4.20. The highest BCUT2D eigenvalue weighted by molar-refractivity contribution is 5.10. The molecule has 0 unspecified atom stereocenters. The lowest BCUT2D eigenvalue weighted by Crippen LogP contribution is -2.31. The van der Waals surface area contributed by atoms with Crippen LogP contribution in [0.5, 0.6) is 0 Å². The Hall–Kier alpha value is -1.90. The summed E-state index contributed by atoms with van der Waals surface area (Å²) in [6, 6.07) is 0. The maximum absolute atomic E-state index is 12.8. The summed E-state index contributed by atoms with van der Waals surface area (Å²) < 4.78 is 45.6.